The van der Waals surface area contributed by atoms with Crippen LogP contribution in [0.25, 0.3) is 11.3 Å². The molecule has 112 valence electrons. The zero-order valence-electron chi connectivity index (χ0n) is 14.2. The molecular weight excluding hydrogens is 315 g/mol. The summed E-state index contributed by atoms with van der Waals surface area (Å²) in [6.07, 6.45) is 3.31. The van der Waals surface area contributed by atoms with Crippen LogP contribution in [0.1, 0.15) is 25.0 Å². The Hall–Kier alpha value is -1.09. The van der Waals surface area contributed by atoms with E-state index in [2.05, 4.69) is 74.6 Å². The minimum absolute atomic E-state index is 0.682. The maximum absolute atomic E-state index is 4.77. The summed E-state index contributed by atoms with van der Waals surface area (Å²) < 4.78 is 1.56. The summed E-state index contributed by atoms with van der Waals surface area (Å²) in [4.78, 5) is 4.77. The first-order valence-corrected chi connectivity index (χ1v) is 15.2. The number of nitrogens with zero attached hydrogens (tertiary/aromatic N) is 1. The van der Waals surface area contributed by atoms with Crippen molar-refractivity contribution in [1.29, 1.82) is 0 Å². The van der Waals surface area contributed by atoms with Gasteiger partial charge in [-0.2, -0.15) is 0 Å². The molecule has 0 saturated carbocycles. The number of hydrogen-bond donors (Lipinski definition) is 0. The van der Waals surface area contributed by atoms with Gasteiger partial charge in [0.25, 0.3) is 0 Å². The minimum atomic E-state index is -1.86. The molecule has 0 aliphatic heterocycles. The Kier molecular flexibility index (Phi) is 4.93. The van der Waals surface area contributed by atoms with E-state index >= 15 is 0 Å². The van der Waals surface area contributed by atoms with Gasteiger partial charge >= 0.3 is 132 Å². The van der Waals surface area contributed by atoms with E-state index in [-0.39, 0.29) is 0 Å². The number of aryl methyl sites for hydroxylation is 1. The number of pyridine rings is 1. The van der Waals surface area contributed by atoms with Crippen LogP contribution in [-0.4, -0.2) is 18.3 Å². The van der Waals surface area contributed by atoms with Crippen molar-refractivity contribution in [3.8, 4) is 11.3 Å². The molecule has 0 aliphatic carbocycles. The van der Waals surface area contributed by atoms with E-state index in [0.717, 1.165) is 12.1 Å². The van der Waals surface area contributed by atoms with Crippen molar-refractivity contribution in [3.05, 3.63) is 47.7 Å². The predicted octanol–water partition coefficient (Wildman–Crippen LogP) is 4.80. The number of benzene rings is 1. The summed E-state index contributed by atoms with van der Waals surface area (Å²) in [5.74, 6) is 8.04. The van der Waals surface area contributed by atoms with Crippen LogP contribution in [0.15, 0.2) is 36.5 Å². The van der Waals surface area contributed by atoms with Gasteiger partial charge in [0.1, 0.15) is 0 Å². The Bertz CT molecular complexity index is 624. The van der Waals surface area contributed by atoms with Gasteiger partial charge in [-0.05, 0) is 0 Å². The molecular formula is C19H27GeN. The van der Waals surface area contributed by atoms with E-state index in [1.165, 1.54) is 16.7 Å². The second kappa shape index (κ2) is 6.35. The van der Waals surface area contributed by atoms with Crippen LogP contribution in [0.3, 0.4) is 0 Å². The first-order chi connectivity index (χ1) is 9.77. The van der Waals surface area contributed by atoms with E-state index in [0.29, 0.717) is 5.92 Å². The fourth-order valence-corrected chi connectivity index (χ4v) is 6.08. The second-order valence-electron chi connectivity index (χ2n) is 7.44. The molecule has 0 unspecified atom stereocenters. The van der Waals surface area contributed by atoms with E-state index in [4.69, 9.17) is 4.98 Å². The molecule has 0 N–H and O–H groups in total. The quantitative estimate of drug-likeness (QED) is 0.728. The topological polar surface area (TPSA) is 12.9 Å². The summed E-state index contributed by atoms with van der Waals surface area (Å²) in [7, 11) is 0. The van der Waals surface area contributed by atoms with Crippen molar-refractivity contribution in [3.63, 3.8) is 0 Å². The van der Waals surface area contributed by atoms with Gasteiger partial charge in [-0.1, -0.05) is 0 Å². The van der Waals surface area contributed by atoms with Crippen LogP contribution in [0, 0.1) is 12.8 Å². The summed E-state index contributed by atoms with van der Waals surface area (Å²) in [6, 6.07) is 11.0. The van der Waals surface area contributed by atoms with E-state index in [1.807, 2.05) is 0 Å². The average Bonchev–Trinajstić information content (AvgIpc) is 2.36. The van der Waals surface area contributed by atoms with Gasteiger partial charge < -0.3 is 0 Å². The Labute approximate surface area is 132 Å². The third-order valence-corrected chi connectivity index (χ3v) is 8.07. The van der Waals surface area contributed by atoms with Crippen LogP contribution in [0.2, 0.25) is 17.3 Å². The molecule has 2 heteroatoms. The van der Waals surface area contributed by atoms with Crippen molar-refractivity contribution in [2.24, 2.45) is 5.92 Å². The van der Waals surface area contributed by atoms with Crippen LogP contribution in [0.4, 0.5) is 0 Å². The third kappa shape index (κ3) is 4.19. The van der Waals surface area contributed by atoms with Gasteiger partial charge in [-0.3, -0.25) is 0 Å². The number of hydrogen-bond acceptors (Lipinski definition) is 1. The van der Waals surface area contributed by atoms with Crippen molar-refractivity contribution in [2.45, 2.75) is 44.5 Å². The standard InChI is InChI=1S/C19H27GeN/c1-14(2)10-17-12-19(16-9-7-8-15(3)11-16)21-13-18(17)20(4,5)6/h7-9,11-14H,10H2,1-6H3. The molecule has 1 nitrogen and oxygen atoms in total. The summed E-state index contributed by atoms with van der Waals surface area (Å²) >= 11 is -1.86. The first-order valence-electron chi connectivity index (χ1n) is 7.84. The molecule has 2 rings (SSSR count). The Morgan fingerprint density at radius 3 is 2.38 bits per heavy atom. The molecule has 0 amide bonds. The molecule has 1 aromatic carbocycles. The number of aromatic nitrogens is 1. The predicted molar refractivity (Wildman–Crippen MR) is 95.9 cm³/mol. The Morgan fingerprint density at radius 2 is 1.81 bits per heavy atom. The van der Waals surface area contributed by atoms with Crippen LogP contribution in [0.5, 0.6) is 0 Å². The third-order valence-electron chi connectivity index (χ3n) is 3.74. The van der Waals surface area contributed by atoms with Crippen molar-refractivity contribution in [1.82, 2.24) is 4.98 Å². The number of rotatable bonds is 4. The molecule has 0 atom stereocenters. The van der Waals surface area contributed by atoms with E-state index in [1.54, 1.807) is 4.40 Å². The maximum atomic E-state index is 4.77. The van der Waals surface area contributed by atoms with Gasteiger partial charge in [0, 0.05) is 0 Å². The average molecular weight is 342 g/mol. The van der Waals surface area contributed by atoms with Crippen LogP contribution >= 0.6 is 0 Å². The van der Waals surface area contributed by atoms with Gasteiger partial charge in [0.15, 0.2) is 0 Å². The molecule has 0 radical (unpaired) electrons. The SMILES string of the molecule is Cc1cccc(-c2cc(CC(C)C)[c]([Ge]([CH3])([CH3])[CH3])cn2)c1. The molecule has 0 spiro atoms. The zero-order valence-corrected chi connectivity index (χ0v) is 16.3. The van der Waals surface area contributed by atoms with Gasteiger partial charge in [-0.15, -0.1) is 0 Å². The molecule has 0 fully saturated rings. The monoisotopic (exact) mass is 343 g/mol. The zero-order chi connectivity index (χ0) is 15.6. The molecule has 0 saturated heterocycles. The van der Waals surface area contributed by atoms with Crippen molar-refractivity contribution < 1.29 is 0 Å². The summed E-state index contributed by atoms with van der Waals surface area (Å²) in [5, 5.41) is 0. The Morgan fingerprint density at radius 1 is 1.10 bits per heavy atom. The van der Waals surface area contributed by atoms with Gasteiger partial charge in [0.05, 0.1) is 0 Å². The fourth-order valence-electron chi connectivity index (χ4n) is 2.74. The summed E-state index contributed by atoms with van der Waals surface area (Å²) in [5.41, 5.74) is 5.15. The van der Waals surface area contributed by atoms with Crippen molar-refractivity contribution >= 4 is 17.7 Å². The normalized spacial score (nSPS) is 12.0. The molecule has 1 aromatic heterocycles. The molecule has 2 aromatic rings. The van der Waals surface area contributed by atoms with Gasteiger partial charge in [-0.25, -0.2) is 0 Å². The molecule has 0 bridgehead atoms. The fraction of sp³-hybridized carbons (Fsp3) is 0.421. The van der Waals surface area contributed by atoms with Crippen LogP contribution < -0.4 is 4.40 Å². The van der Waals surface area contributed by atoms with E-state index < -0.39 is 13.3 Å². The molecule has 1 heterocycles. The van der Waals surface area contributed by atoms with Crippen molar-refractivity contribution in [2.75, 3.05) is 0 Å². The van der Waals surface area contributed by atoms with Gasteiger partial charge in [0.2, 0.25) is 0 Å². The van der Waals surface area contributed by atoms with E-state index in [9.17, 15) is 0 Å². The molecule has 0 aliphatic rings. The summed E-state index contributed by atoms with van der Waals surface area (Å²) in [6.45, 7) is 6.73. The first kappa shape index (κ1) is 16.3. The molecule has 21 heavy (non-hydrogen) atoms. The Balaban J connectivity index is 2.51. The van der Waals surface area contributed by atoms with Crippen LogP contribution in [-0.2, 0) is 6.42 Å². The second-order valence-corrected chi connectivity index (χ2v) is 18.0.